The summed E-state index contributed by atoms with van der Waals surface area (Å²) in [5.74, 6) is -3.57. The third kappa shape index (κ3) is 11.1. The lowest BCUT2D eigenvalue weighted by Gasteiger charge is -2.39. The Morgan fingerprint density at radius 1 is 1.09 bits per heavy atom. The molecule has 14 nitrogen and oxygen atoms in total. The van der Waals surface area contributed by atoms with Crippen molar-refractivity contribution in [2.75, 3.05) is 24.7 Å². The van der Waals surface area contributed by atoms with Gasteiger partial charge >= 0.3 is 11.9 Å². The van der Waals surface area contributed by atoms with Crippen molar-refractivity contribution in [3.63, 3.8) is 0 Å². The van der Waals surface area contributed by atoms with Crippen LogP contribution in [0.2, 0.25) is 0 Å². The van der Waals surface area contributed by atoms with E-state index in [1.54, 1.807) is 11.5 Å². The van der Waals surface area contributed by atoms with Gasteiger partial charge in [0.15, 0.2) is 0 Å². The molecule has 10 N–H and O–H groups in total. The van der Waals surface area contributed by atoms with Crippen LogP contribution in [-0.4, -0.2) is 121 Å². The number of aliphatic hydroxyl groups is 4. The Bertz CT molecular complexity index is 756. The van der Waals surface area contributed by atoms with Gasteiger partial charge in [-0.2, -0.15) is 0 Å². The van der Waals surface area contributed by atoms with Crippen molar-refractivity contribution in [3.05, 3.63) is 11.5 Å². The number of aliphatic hydroxyl groups excluding tert-OH is 4. The van der Waals surface area contributed by atoms with Gasteiger partial charge in [0.1, 0.15) is 48.5 Å². The summed E-state index contributed by atoms with van der Waals surface area (Å²) in [5.41, 5.74) is 4.46. The molecule has 1 aliphatic heterocycles. The number of carboxylic acid groups (broad SMARTS) is 2. The first-order valence-corrected chi connectivity index (χ1v) is 12.5. The summed E-state index contributed by atoms with van der Waals surface area (Å²) in [6.45, 7) is -1.18. The number of carboxylic acids is 2. The highest BCUT2D eigenvalue weighted by atomic mass is 32.2. The number of ether oxygens (including phenoxy) is 1. The van der Waals surface area contributed by atoms with Crippen molar-refractivity contribution in [2.24, 2.45) is 5.73 Å². The number of hydrogen-bond acceptors (Lipinski definition) is 12. The molecule has 0 spiro atoms. The molecule has 0 unspecified atom stereocenters. The first-order chi connectivity index (χ1) is 16.5. The monoisotopic (exact) mass is 541 g/mol. The van der Waals surface area contributed by atoms with Crippen LogP contribution in [0.15, 0.2) is 11.5 Å². The number of aliphatic carboxylic acids is 2. The van der Waals surface area contributed by atoms with Crippen LogP contribution in [-0.2, 0) is 23.9 Å². The van der Waals surface area contributed by atoms with Crippen molar-refractivity contribution >= 4 is 47.3 Å². The average Bonchev–Trinajstić information content (AvgIpc) is 2.81. The Kier molecular flexibility index (Phi) is 14.2. The summed E-state index contributed by atoms with van der Waals surface area (Å²) in [7, 11) is 0. The molecule has 0 saturated carbocycles. The lowest BCUT2D eigenvalue weighted by molar-refractivity contribution is -0.205. The lowest BCUT2D eigenvalue weighted by Crippen LogP contribution is -2.57. The second-order valence-corrected chi connectivity index (χ2v) is 9.52. The number of nitrogens with one attached hydrogen (secondary N) is 2. The SMILES string of the molecule is N[C@@H](CCC(=O)N[C@@H](CS/C=C/CS[C@@H]1O[C@H](CO)[C@@H](O)[C@H](O)[C@H]1O)C(=O)NCC(=O)O)C(=O)O. The number of thioether (sulfide) groups is 2. The largest absolute Gasteiger partial charge is 0.480 e. The smallest absolute Gasteiger partial charge is 0.322 e. The van der Waals surface area contributed by atoms with Crippen LogP contribution in [0.3, 0.4) is 0 Å². The van der Waals surface area contributed by atoms with Gasteiger partial charge in [0.2, 0.25) is 11.8 Å². The van der Waals surface area contributed by atoms with Gasteiger partial charge in [-0.15, -0.1) is 23.5 Å². The second kappa shape index (κ2) is 15.9. The fourth-order valence-corrected chi connectivity index (χ4v) is 4.63. The molecule has 1 aliphatic rings. The zero-order chi connectivity index (χ0) is 26.5. The molecule has 0 aliphatic carbocycles. The van der Waals surface area contributed by atoms with E-state index in [9.17, 15) is 39.6 Å². The van der Waals surface area contributed by atoms with Gasteiger partial charge in [0.25, 0.3) is 0 Å². The number of nitrogens with two attached hydrogens (primary N) is 1. The van der Waals surface area contributed by atoms with E-state index in [1.807, 2.05) is 0 Å². The number of carbonyl (C=O) groups excluding carboxylic acids is 2. The second-order valence-electron chi connectivity index (χ2n) is 7.45. The maximum atomic E-state index is 12.3. The van der Waals surface area contributed by atoms with E-state index in [-0.39, 0.29) is 18.6 Å². The molecule has 0 aromatic rings. The van der Waals surface area contributed by atoms with E-state index in [0.717, 1.165) is 23.5 Å². The maximum Gasteiger partial charge on any atom is 0.322 e. The minimum Gasteiger partial charge on any atom is -0.480 e. The van der Waals surface area contributed by atoms with Gasteiger partial charge in [-0.3, -0.25) is 19.2 Å². The van der Waals surface area contributed by atoms with Crippen molar-refractivity contribution in [2.45, 2.75) is 54.8 Å². The molecule has 0 aromatic heterocycles. The van der Waals surface area contributed by atoms with Crippen molar-refractivity contribution in [1.82, 2.24) is 10.6 Å². The number of amides is 2. The molecule has 35 heavy (non-hydrogen) atoms. The minimum atomic E-state index is -1.48. The van der Waals surface area contributed by atoms with Crippen LogP contribution >= 0.6 is 23.5 Å². The van der Waals surface area contributed by atoms with E-state index in [2.05, 4.69) is 10.6 Å². The third-order valence-electron chi connectivity index (χ3n) is 4.73. The summed E-state index contributed by atoms with van der Waals surface area (Å²) in [5, 5.41) is 62.5. The van der Waals surface area contributed by atoms with Gasteiger partial charge in [-0.1, -0.05) is 6.08 Å². The van der Waals surface area contributed by atoms with Gasteiger partial charge in [0, 0.05) is 17.9 Å². The summed E-state index contributed by atoms with van der Waals surface area (Å²) in [6, 6.07) is -2.34. The fraction of sp³-hybridized carbons (Fsp3) is 0.684. The molecule has 1 heterocycles. The molecule has 1 saturated heterocycles. The molecule has 0 radical (unpaired) electrons. The zero-order valence-electron chi connectivity index (χ0n) is 18.6. The molecular formula is C19H31N3O11S2. The highest BCUT2D eigenvalue weighted by Gasteiger charge is 2.43. The summed E-state index contributed by atoms with van der Waals surface area (Å²) in [4.78, 5) is 45.8. The molecule has 0 aromatic carbocycles. The van der Waals surface area contributed by atoms with E-state index >= 15 is 0 Å². The van der Waals surface area contributed by atoms with Gasteiger partial charge in [-0.25, -0.2) is 0 Å². The quantitative estimate of drug-likeness (QED) is 0.0982. The van der Waals surface area contributed by atoms with Crippen LogP contribution in [0, 0.1) is 0 Å². The van der Waals surface area contributed by atoms with Crippen molar-refractivity contribution in [3.8, 4) is 0 Å². The zero-order valence-corrected chi connectivity index (χ0v) is 20.2. The summed E-state index contributed by atoms with van der Waals surface area (Å²) >= 11 is 2.22. The Morgan fingerprint density at radius 2 is 1.77 bits per heavy atom. The van der Waals surface area contributed by atoms with E-state index in [1.165, 1.54) is 0 Å². The molecule has 2 amide bonds. The maximum absolute atomic E-state index is 12.3. The third-order valence-corrected chi connectivity index (χ3v) is 6.74. The number of rotatable bonds is 15. The van der Waals surface area contributed by atoms with Gasteiger partial charge in [0.05, 0.1) is 6.61 Å². The van der Waals surface area contributed by atoms with Crippen LogP contribution in [0.1, 0.15) is 12.8 Å². The first-order valence-electron chi connectivity index (χ1n) is 10.4. The van der Waals surface area contributed by atoms with Gasteiger partial charge in [-0.05, 0) is 11.8 Å². The standard InChI is InChI=1S/C19H31N3O11S2/c20-9(18(31)32)2-3-12(24)22-10(17(30)21-6-13(25)26)8-34-4-1-5-35-19-16(29)15(28)14(27)11(7-23)33-19/h1,4,9-11,14-16,19,23,27-29H,2-3,5-8,20H2,(H,21,30)(H,22,24)(H,25,26)(H,31,32)/b4-1+/t9-,10-,11+,14+,15-,16+,19-/m0/s1. The van der Waals surface area contributed by atoms with Crippen LogP contribution < -0.4 is 16.4 Å². The van der Waals surface area contributed by atoms with Crippen LogP contribution in [0.25, 0.3) is 0 Å². The summed E-state index contributed by atoms with van der Waals surface area (Å²) in [6.07, 6.45) is -4.04. The normalized spacial score (nSPS) is 26.1. The predicted octanol–water partition coefficient (Wildman–Crippen LogP) is -3.36. The van der Waals surface area contributed by atoms with Gasteiger partial charge < -0.3 is 51.7 Å². The van der Waals surface area contributed by atoms with Crippen molar-refractivity contribution < 1.29 is 54.6 Å². The Hall–Kier alpha value is -1.92. The highest BCUT2D eigenvalue weighted by molar-refractivity contribution is 8.02. The summed E-state index contributed by atoms with van der Waals surface area (Å²) < 4.78 is 5.37. The molecule has 0 bridgehead atoms. The molecule has 7 atom stereocenters. The molecule has 1 fully saturated rings. The minimum absolute atomic E-state index is 0.0311. The lowest BCUT2D eigenvalue weighted by atomic mass is 10.0. The topological polar surface area (TPSA) is 249 Å². The van der Waals surface area contributed by atoms with E-state index in [0.29, 0.717) is 5.75 Å². The number of carbonyl (C=O) groups is 4. The molecular weight excluding hydrogens is 510 g/mol. The molecule has 200 valence electrons. The molecule has 1 rings (SSSR count). The Balaban J connectivity index is 2.56. The Morgan fingerprint density at radius 3 is 2.37 bits per heavy atom. The van der Waals surface area contributed by atoms with E-state index < -0.39 is 78.8 Å². The highest BCUT2D eigenvalue weighted by Crippen LogP contribution is 2.28. The average molecular weight is 542 g/mol. The van der Waals surface area contributed by atoms with Crippen LogP contribution in [0.5, 0.6) is 0 Å². The van der Waals surface area contributed by atoms with Crippen molar-refractivity contribution in [1.29, 1.82) is 0 Å². The number of hydrogen-bond donors (Lipinski definition) is 9. The Labute approximate surface area is 209 Å². The van der Waals surface area contributed by atoms with Crippen LogP contribution in [0.4, 0.5) is 0 Å². The fourth-order valence-electron chi connectivity index (χ4n) is 2.76. The predicted molar refractivity (Wildman–Crippen MR) is 125 cm³/mol. The molecule has 16 heteroatoms. The first kappa shape index (κ1) is 31.1. The van der Waals surface area contributed by atoms with E-state index in [4.69, 9.17) is 20.7 Å².